The van der Waals surface area contributed by atoms with Crippen molar-refractivity contribution in [3.63, 3.8) is 0 Å². The molecule has 2 aromatic rings. The maximum Gasteiger partial charge on any atom is 0.165 e. The van der Waals surface area contributed by atoms with E-state index in [9.17, 15) is 4.39 Å². The van der Waals surface area contributed by atoms with Gasteiger partial charge in [-0.15, -0.1) is 0 Å². The number of fused-ring (bicyclic) bond motifs is 1. The number of anilines is 1. The second kappa shape index (κ2) is 7.47. The van der Waals surface area contributed by atoms with Crippen LogP contribution in [0.3, 0.4) is 0 Å². The van der Waals surface area contributed by atoms with Crippen LogP contribution in [0, 0.1) is 5.82 Å². The van der Waals surface area contributed by atoms with E-state index >= 15 is 0 Å². The number of nitrogens with zero attached hydrogens (tertiary/aromatic N) is 5. The number of likely N-dealkylation sites (N-methyl/N-ethyl adjacent to an activating group) is 1. The molecule has 1 atom stereocenters. The molecule has 1 aromatic heterocycles. The zero-order chi connectivity index (χ0) is 19.8. The van der Waals surface area contributed by atoms with E-state index in [0.717, 1.165) is 48.0 Å². The Kier molecular flexibility index (Phi) is 5.02. The van der Waals surface area contributed by atoms with Crippen molar-refractivity contribution in [3.05, 3.63) is 47.2 Å². The summed E-state index contributed by atoms with van der Waals surface area (Å²) in [5, 5.41) is 0. The van der Waals surface area contributed by atoms with Crippen LogP contribution in [0.25, 0.3) is 0 Å². The number of halogens is 1. The largest absolute Gasteiger partial charge is 0.488 e. The molecule has 0 bridgehead atoms. The van der Waals surface area contributed by atoms with E-state index in [0.29, 0.717) is 12.6 Å². The highest BCUT2D eigenvalue weighted by Crippen LogP contribution is 2.30. The summed E-state index contributed by atoms with van der Waals surface area (Å²) in [5.74, 6) is 0.811. The van der Waals surface area contributed by atoms with Crippen molar-refractivity contribution in [3.8, 4) is 5.75 Å². The van der Waals surface area contributed by atoms with Gasteiger partial charge in [0.2, 0.25) is 0 Å². The van der Waals surface area contributed by atoms with Crippen LogP contribution in [0.2, 0.25) is 0 Å². The van der Waals surface area contributed by atoms with Gasteiger partial charge in [0.15, 0.2) is 11.6 Å². The molecule has 7 heteroatoms. The number of rotatable bonds is 4. The third-order valence-electron chi connectivity index (χ3n) is 5.36. The Morgan fingerprint density at radius 2 is 2.00 bits per heavy atom. The summed E-state index contributed by atoms with van der Waals surface area (Å²) in [4.78, 5) is 18.2. The van der Waals surface area contributed by atoms with Crippen LogP contribution < -0.4 is 9.64 Å². The van der Waals surface area contributed by atoms with Crippen LogP contribution in [0.1, 0.15) is 37.6 Å². The van der Waals surface area contributed by atoms with Crippen molar-refractivity contribution in [1.29, 1.82) is 0 Å². The lowest BCUT2D eigenvalue weighted by atomic mass is 10.0. The molecule has 0 aliphatic carbocycles. The molecular weight excluding hydrogens is 357 g/mol. The standard InChI is InChI=1S/C21H26FN5O/c1-13(2)28-19-8-16-15(7-17(19)22)10-23-21(16)18-9-20(25-12-24-18)27-6-5-26(4)14(3)11-27/h7-9,12-14H,5-6,10-11H2,1-4H3/t14-/m1/s1. The number of piperazine rings is 1. The minimum atomic E-state index is -0.348. The van der Waals surface area contributed by atoms with Crippen molar-refractivity contribution in [2.75, 3.05) is 31.6 Å². The summed E-state index contributed by atoms with van der Waals surface area (Å²) in [6.07, 6.45) is 1.49. The van der Waals surface area contributed by atoms with Gasteiger partial charge in [-0.25, -0.2) is 14.4 Å². The van der Waals surface area contributed by atoms with Gasteiger partial charge in [-0.3, -0.25) is 4.99 Å². The summed E-state index contributed by atoms with van der Waals surface area (Å²) < 4.78 is 19.9. The Balaban J connectivity index is 1.64. The summed E-state index contributed by atoms with van der Waals surface area (Å²) in [5.41, 5.74) is 3.28. The van der Waals surface area contributed by atoms with Crippen LogP contribution in [-0.2, 0) is 6.54 Å². The highest BCUT2D eigenvalue weighted by atomic mass is 19.1. The third kappa shape index (κ3) is 3.58. The van der Waals surface area contributed by atoms with Gasteiger partial charge in [-0.1, -0.05) is 0 Å². The number of hydrogen-bond donors (Lipinski definition) is 0. The van der Waals surface area contributed by atoms with Gasteiger partial charge < -0.3 is 14.5 Å². The predicted octanol–water partition coefficient (Wildman–Crippen LogP) is 2.89. The number of hydrogen-bond acceptors (Lipinski definition) is 6. The molecular formula is C21H26FN5O. The van der Waals surface area contributed by atoms with E-state index in [-0.39, 0.29) is 17.7 Å². The van der Waals surface area contributed by atoms with Gasteiger partial charge in [0, 0.05) is 37.3 Å². The van der Waals surface area contributed by atoms with E-state index < -0.39 is 0 Å². The Morgan fingerprint density at radius 3 is 2.75 bits per heavy atom. The van der Waals surface area contributed by atoms with E-state index in [1.165, 1.54) is 6.07 Å². The first-order chi connectivity index (χ1) is 13.4. The minimum absolute atomic E-state index is 0.0979. The molecule has 1 saturated heterocycles. The molecule has 2 aliphatic heterocycles. The first kappa shape index (κ1) is 18.8. The molecule has 2 aliphatic rings. The number of ether oxygens (including phenoxy) is 1. The van der Waals surface area contributed by atoms with Gasteiger partial charge in [-0.05, 0) is 45.5 Å². The van der Waals surface area contributed by atoms with E-state index in [1.807, 2.05) is 19.9 Å². The van der Waals surface area contributed by atoms with Gasteiger partial charge in [-0.2, -0.15) is 0 Å². The molecule has 0 saturated carbocycles. The average molecular weight is 383 g/mol. The first-order valence-corrected chi connectivity index (χ1v) is 9.74. The molecule has 0 amide bonds. The van der Waals surface area contributed by atoms with Gasteiger partial charge in [0.1, 0.15) is 12.1 Å². The van der Waals surface area contributed by atoms with Gasteiger partial charge >= 0.3 is 0 Å². The van der Waals surface area contributed by atoms with Crippen molar-refractivity contribution in [1.82, 2.24) is 14.9 Å². The average Bonchev–Trinajstić information content (AvgIpc) is 3.06. The van der Waals surface area contributed by atoms with Crippen molar-refractivity contribution < 1.29 is 9.13 Å². The van der Waals surface area contributed by atoms with E-state index in [2.05, 4.69) is 38.7 Å². The molecule has 0 unspecified atom stereocenters. The second-order valence-electron chi connectivity index (χ2n) is 7.81. The van der Waals surface area contributed by atoms with Crippen molar-refractivity contribution in [2.45, 2.75) is 39.5 Å². The van der Waals surface area contributed by atoms with Crippen molar-refractivity contribution in [2.24, 2.45) is 4.99 Å². The Bertz CT molecular complexity index is 914. The molecule has 3 heterocycles. The Morgan fingerprint density at radius 1 is 1.18 bits per heavy atom. The molecule has 0 radical (unpaired) electrons. The lowest BCUT2D eigenvalue weighted by molar-refractivity contribution is 0.231. The fraction of sp³-hybridized carbons (Fsp3) is 0.476. The highest BCUT2D eigenvalue weighted by molar-refractivity contribution is 6.14. The maximum atomic E-state index is 14.3. The lowest BCUT2D eigenvalue weighted by Crippen LogP contribution is -2.50. The molecule has 1 aromatic carbocycles. The summed E-state index contributed by atoms with van der Waals surface area (Å²) in [6, 6.07) is 5.72. The Labute approximate surface area is 165 Å². The first-order valence-electron chi connectivity index (χ1n) is 9.74. The van der Waals surface area contributed by atoms with Gasteiger partial charge in [0.05, 0.1) is 24.1 Å². The van der Waals surface area contributed by atoms with Gasteiger partial charge in [0.25, 0.3) is 0 Å². The zero-order valence-electron chi connectivity index (χ0n) is 16.8. The molecule has 6 nitrogen and oxygen atoms in total. The number of aliphatic imine (C=N–C) groups is 1. The van der Waals surface area contributed by atoms with Crippen LogP contribution in [0.5, 0.6) is 5.75 Å². The molecule has 28 heavy (non-hydrogen) atoms. The molecule has 4 rings (SSSR count). The molecule has 148 valence electrons. The monoisotopic (exact) mass is 383 g/mol. The fourth-order valence-electron chi connectivity index (χ4n) is 3.66. The molecule has 0 spiro atoms. The molecule has 0 N–H and O–H groups in total. The SMILES string of the molecule is CC(C)Oc1cc2c(cc1F)CN=C2c1cc(N2CCN(C)[C@H](C)C2)ncn1. The Hall–Kier alpha value is -2.54. The fourth-order valence-corrected chi connectivity index (χ4v) is 3.66. The molecule has 1 fully saturated rings. The summed E-state index contributed by atoms with van der Waals surface area (Å²) in [7, 11) is 2.15. The summed E-state index contributed by atoms with van der Waals surface area (Å²) >= 11 is 0. The minimum Gasteiger partial charge on any atom is -0.488 e. The second-order valence-corrected chi connectivity index (χ2v) is 7.81. The van der Waals surface area contributed by atoms with Crippen LogP contribution >= 0.6 is 0 Å². The lowest BCUT2D eigenvalue weighted by Gasteiger charge is -2.38. The van der Waals surface area contributed by atoms with Crippen LogP contribution in [-0.4, -0.2) is 59.4 Å². The van der Waals surface area contributed by atoms with Crippen molar-refractivity contribution >= 4 is 11.5 Å². The summed E-state index contributed by atoms with van der Waals surface area (Å²) in [6.45, 7) is 9.29. The quantitative estimate of drug-likeness (QED) is 0.813. The van der Waals surface area contributed by atoms with E-state index in [4.69, 9.17) is 4.74 Å². The number of benzene rings is 1. The normalized spacial score (nSPS) is 19.7. The number of aromatic nitrogens is 2. The third-order valence-corrected chi connectivity index (χ3v) is 5.36. The van der Waals surface area contributed by atoms with E-state index in [1.54, 1.807) is 12.4 Å². The van der Waals surface area contributed by atoms with Crippen LogP contribution in [0.15, 0.2) is 29.5 Å². The zero-order valence-corrected chi connectivity index (χ0v) is 16.8. The smallest absolute Gasteiger partial charge is 0.165 e. The topological polar surface area (TPSA) is 53.9 Å². The highest BCUT2D eigenvalue weighted by Gasteiger charge is 2.25. The van der Waals surface area contributed by atoms with Crippen LogP contribution in [0.4, 0.5) is 10.2 Å². The predicted molar refractivity (Wildman–Crippen MR) is 108 cm³/mol. The maximum absolute atomic E-state index is 14.3.